The van der Waals surface area contributed by atoms with Crippen molar-refractivity contribution in [1.29, 1.82) is 0 Å². The summed E-state index contributed by atoms with van der Waals surface area (Å²) in [7, 11) is 0. The predicted octanol–water partition coefficient (Wildman–Crippen LogP) is 14.8. The van der Waals surface area contributed by atoms with Crippen LogP contribution in [0.3, 0.4) is 0 Å². The number of anilines is 3. The maximum atomic E-state index is 2.45. The number of rotatable bonds is 6. The summed E-state index contributed by atoms with van der Waals surface area (Å²) in [5.74, 6) is 0. The van der Waals surface area contributed by atoms with Gasteiger partial charge in [0.25, 0.3) is 0 Å². The Morgan fingerprint density at radius 1 is 0.327 bits per heavy atom. The minimum Gasteiger partial charge on any atom is -0.310 e. The van der Waals surface area contributed by atoms with Crippen molar-refractivity contribution in [3.05, 3.63) is 200 Å². The molecule has 52 heavy (non-hydrogen) atoms. The van der Waals surface area contributed by atoms with Gasteiger partial charge in [0.15, 0.2) is 0 Å². The van der Waals surface area contributed by atoms with Crippen molar-refractivity contribution in [1.82, 2.24) is 0 Å². The van der Waals surface area contributed by atoms with Crippen LogP contribution in [0.1, 0.15) is 0 Å². The summed E-state index contributed by atoms with van der Waals surface area (Å²) in [6, 6.07) is 72.9. The molecule has 1 aromatic heterocycles. The zero-order valence-corrected chi connectivity index (χ0v) is 29.2. The van der Waals surface area contributed by atoms with Gasteiger partial charge in [-0.3, -0.25) is 0 Å². The molecule has 0 saturated heterocycles. The third-order valence-electron chi connectivity index (χ3n) is 10.3. The number of benzene rings is 9. The van der Waals surface area contributed by atoms with Crippen LogP contribution in [0.5, 0.6) is 0 Å². The smallest absolute Gasteiger partial charge is 0.0554 e. The molecule has 2 heteroatoms. The molecule has 0 aliphatic carbocycles. The molecule has 0 fully saturated rings. The van der Waals surface area contributed by atoms with Crippen molar-refractivity contribution in [2.45, 2.75) is 0 Å². The van der Waals surface area contributed by atoms with Crippen LogP contribution < -0.4 is 4.90 Å². The van der Waals surface area contributed by atoms with Crippen LogP contribution in [-0.4, -0.2) is 0 Å². The molecule has 0 atom stereocenters. The number of hydrogen-bond donors (Lipinski definition) is 0. The molecular weight excluding hydrogens is 647 g/mol. The number of hydrogen-bond acceptors (Lipinski definition) is 2. The molecule has 0 saturated carbocycles. The SMILES string of the molecule is c1ccc(-c2ccc(N(c3ccc(-c4cc5ccccc5c5ccccc45)cc3)c3cccc4sc5ccccc5c34)cc2-c2ccccc2)cc1. The van der Waals surface area contributed by atoms with E-state index in [1.165, 1.54) is 80.8 Å². The molecule has 0 aliphatic rings. The quantitative estimate of drug-likeness (QED) is 0.158. The summed E-state index contributed by atoms with van der Waals surface area (Å²) < 4.78 is 2.58. The second kappa shape index (κ2) is 12.7. The first-order valence-electron chi connectivity index (χ1n) is 17.8. The van der Waals surface area contributed by atoms with E-state index in [-0.39, 0.29) is 0 Å². The van der Waals surface area contributed by atoms with Gasteiger partial charge in [-0.2, -0.15) is 0 Å². The van der Waals surface area contributed by atoms with E-state index in [4.69, 9.17) is 0 Å². The van der Waals surface area contributed by atoms with Gasteiger partial charge in [0.1, 0.15) is 0 Å². The summed E-state index contributed by atoms with van der Waals surface area (Å²) in [6.45, 7) is 0. The second-order valence-corrected chi connectivity index (χ2v) is 14.4. The van der Waals surface area contributed by atoms with Gasteiger partial charge in [-0.1, -0.05) is 152 Å². The molecule has 10 aromatic rings. The van der Waals surface area contributed by atoms with Crippen LogP contribution in [0.2, 0.25) is 0 Å². The Bertz CT molecular complexity index is 2890. The summed E-state index contributed by atoms with van der Waals surface area (Å²) in [5, 5.41) is 7.65. The molecule has 0 bridgehead atoms. The molecule has 0 aliphatic heterocycles. The molecule has 1 heterocycles. The average molecular weight is 680 g/mol. The van der Waals surface area contributed by atoms with Gasteiger partial charge >= 0.3 is 0 Å². The van der Waals surface area contributed by atoms with Crippen LogP contribution in [-0.2, 0) is 0 Å². The van der Waals surface area contributed by atoms with Gasteiger partial charge in [-0.05, 0) is 103 Å². The fourth-order valence-electron chi connectivity index (χ4n) is 7.85. The van der Waals surface area contributed by atoms with E-state index in [1.807, 2.05) is 11.3 Å². The number of thiophene rings is 1. The van der Waals surface area contributed by atoms with Gasteiger partial charge in [-0.25, -0.2) is 0 Å². The third-order valence-corrected chi connectivity index (χ3v) is 11.4. The normalized spacial score (nSPS) is 11.5. The van der Waals surface area contributed by atoms with Gasteiger partial charge in [0.05, 0.1) is 5.69 Å². The highest BCUT2D eigenvalue weighted by Crippen LogP contribution is 2.47. The fourth-order valence-corrected chi connectivity index (χ4v) is 8.98. The van der Waals surface area contributed by atoms with Crippen LogP contribution in [0.25, 0.3) is 75.1 Å². The first kappa shape index (κ1) is 30.4. The Kier molecular flexibility index (Phi) is 7.41. The molecule has 0 radical (unpaired) electrons. The molecule has 0 spiro atoms. The zero-order valence-electron chi connectivity index (χ0n) is 28.4. The lowest BCUT2D eigenvalue weighted by Crippen LogP contribution is -2.10. The van der Waals surface area contributed by atoms with E-state index in [0.29, 0.717) is 0 Å². The lowest BCUT2D eigenvalue weighted by Gasteiger charge is -2.28. The van der Waals surface area contributed by atoms with E-state index < -0.39 is 0 Å². The highest BCUT2D eigenvalue weighted by molar-refractivity contribution is 7.26. The largest absolute Gasteiger partial charge is 0.310 e. The molecule has 244 valence electrons. The van der Waals surface area contributed by atoms with Crippen molar-refractivity contribution in [2.24, 2.45) is 0 Å². The fraction of sp³-hybridized carbons (Fsp3) is 0. The van der Waals surface area contributed by atoms with Gasteiger partial charge < -0.3 is 4.90 Å². The van der Waals surface area contributed by atoms with E-state index >= 15 is 0 Å². The third kappa shape index (κ3) is 5.16. The van der Waals surface area contributed by atoms with E-state index in [1.54, 1.807) is 0 Å². The minimum absolute atomic E-state index is 1.11. The first-order valence-corrected chi connectivity index (χ1v) is 18.6. The molecule has 0 N–H and O–H groups in total. The number of fused-ring (bicyclic) bond motifs is 6. The minimum atomic E-state index is 1.11. The first-order chi connectivity index (χ1) is 25.8. The van der Waals surface area contributed by atoms with Crippen molar-refractivity contribution < 1.29 is 0 Å². The summed E-state index contributed by atoms with van der Waals surface area (Å²) in [4.78, 5) is 2.45. The van der Waals surface area contributed by atoms with Crippen LogP contribution in [0, 0.1) is 0 Å². The Labute approximate surface area is 307 Å². The number of nitrogens with zero attached hydrogens (tertiary/aromatic N) is 1. The van der Waals surface area contributed by atoms with Gasteiger partial charge in [0, 0.05) is 31.5 Å². The predicted molar refractivity (Wildman–Crippen MR) is 225 cm³/mol. The standard InChI is InChI=1S/C50H33NS/c1-3-14-34(15-4-1)41-31-30-39(33-46(41)35-16-5-2-6-17-35)51(47-23-13-25-49-50(47)44-22-11-12-24-48(44)52-49)38-28-26-36(27-29-38)45-32-37-18-7-8-19-40(37)42-20-9-10-21-43(42)45/h1-33H. The monoisotopic (exact) mass is 679 g/mol. The van der Waals surface area contributed by atoms with Crippen molar-refractivity contribution in [3.63, 3.8) is 0 Å². The highest BCUT2D eigenvalue weighted by Gasteiger charge is 2.21. The zero-order chi connectivity index (χ0) is 34.4. The molecule has 0 unspecified atom stereocenters. The maximum Gasteiger partial charge on any atom is 0.0554 e. The average Bonchev–Trinajstić information content (AvgIpc) is 3.61. The molecule has 1 nitrogen and oxygen atoms in total. The highest BCUT2D eigenvalue weighted by atomic mass is 32.1. The van der Waals surface area contributed by atoms with E-state index in [0.717, 1.165) is 11.4 Å². The lowest BCUT2D eigenvalue weighted by atomic mass is 9.93. The summed E-state index contributed by atoms with van der Waals surface area (Å²) in [6.07, 6.45) is 0. The summed E-state index contributed by atoms with van der Waals surface area (Å²) in [5.41, 5.74) is 10.7. The van der Waals surface area contributed by atoms with Gasteiger partial charge in [0.2, 0.25) is 0 Å². The Morgan fingerprint density at radius 2 is 0.904 bits per heavy atom. The van der Waals surface area contributed by atoms with Crippen LogP contribution in [0.4, 0.5) is 17.1 Å². The van der Waals surface area contributed by atoms with E-state index in [9.17, 15) is 0 Å². The van der Waals surface area contributed by atoms with E-state index in [2.05, 4.69) is 205 Å². The Hall–Kier alpha value is -6.48. The molecule has 10 rings (SSSR count). The lowest BCUT2D eigenvalue weighted by molar-refractivity contribution is 1.30. The van der Waals surface area contributed by atoms with Crippen molar-refractivity contribution >= 4 is 70.1 Å². The molecule has 0 amide bonds. The maximum absolute atomic E-state index is 2.45. The Balaban J connectivity index is 1.20. The molecular formula is C50H33NS. The Morgan fingerprint density at radius 3 is 1.67 bits per heavy atom. The molecule has 9 aromatic carbocycles. The summed E-state index contributed by atoms with van der Waals surface area (Å²) >= 11 is 1.86. The van der Waals surface area contributed by atoms with Crippen LogP contribution in [0.15, 0.2) is 200 Å². The van der Waals surface area contributed by atoms with Crippen molar-refractivity contribution in [2.75, 3.05) is 4.90 Å². The second-order valence-electron chi connectivity index (χ2n) is 13.3. The van der Waals surface area contributed by atoms with Crippen molar-refractivity contribution in [3.8, 4) is 33.4 Å². The van der Waals surface area contributed by atoms with Crippen LogP contribution >= 0.6 is 11.3 Å². The topological polar surface area (TPSA) is 3.24 Å². The van der Waals surface area contributed by atoms with Gasteiger partial charge in [-0.15, -0.1) is 11.3 Å².